The first kappa shape index (κ1) is 23.0. The Labute approximate surface area is 194 Å². The molecule has 0 bridgehead atoms. The number of amides is 3. The molecule has 1 saturated heterocycles. The van der Waals surface area contributed by atoms with E-state index in [0.717, 1.165) is 37.2 Å². The van der Waals surface area contributed by atoms with Gasteiger partial charge in [-0.25, -0.2) is 0 Å². The highest BCUT2D eigenvalue weighted by atomic mass is 16.2. The average molecular weight is 449 g/mol. The van der Waals surface area contributed by atoms with Gasteiger partial charge in [-0.05, 0) is 68.6 Å². The number of carbonyl (C=O) groups is 3. The van der Waals surface area contributed by atoms with Gasteiger partial charge in [-0.2, -0.15) is 0 Å². The fourth-order valence-corrected chi connectivity index (χ4v) is 4.55. The number of hydrogen-bond acceptors (Lipinski definition) is 4. The van der Waals surface area contributed by atoms with Crippen molar-refractivity contribution < 1.29 is 14.4 Å². The molecule has 2 aromatic carbocycles. The van der Waals surface area contributed by atoms with Gasteiger partial charge in [-0.1, -0.05) is 37.1 Å². The van der Waals surface area contributed by atoms with E-state index < -0.39 is 0 Å². The van der Waals surface area contributed by atoms with Crippen LogP contribution in [0.3, 0.4) is 0 Å². The summed E-state index contributed by atoms with van der Waals surface area (Å²) >= 11 is 0. The van der Waals surface area contributed by atoms with E-state index >= 15 is 0 Å². The molecule has 174 valence electrons. The highest BCUT2D eigenvalue weighted by molar-refractivity contribution is 5.97. The van der Waals surface area contributed by atoms with Gasteiger partial charge < -0.3 is 16.0 Å². The number of benzene rings is 2. The molecule has 2 heterocycles. The highest BCUT2D eigenvalue weighted by Crippen LogP contribution is 2.27. The Morgan fingerprint density at radius 1 is 0.909 bits per heavy atom. The van der Waals surface area contributed by atoms with Crippen LogP contribution in [-0.4, -0.2) is 42.3 Å². The van der Waals surface area contributed by atoms with Crippen molar-refractivity contribution >= 4 is 34.8 Å². The number of hydrogen-bond donors (Lipinski definition) is 3. The van der Waals surface area contributed by atoms with Crippen molar-refractivity contribution in [3.8, 4) is 0 Å². The molecule has 7 heteroatoms. The zero-order valence-corrected chi connectivity index (χ0v) is 18.9. The number of nitrogens with one attached hydrogen (secondary N) is 3. The van der Waals surface area contributed by atoms with Crippen molar-refractivity contribution in [3.05, 3.63) is 54.1 Å². The van der Waals surface area contributed by atoms with Crippen LogP contribution in [0, 0.1) is 5.92 Å². The smallest absolute Gasteiger partial charge is 0.238 e. The van der Waals surface area contributed by atoms with Crippen molar-refractivity contribution in [1.29, 1.82) is 0 Å². The maximum atomic E-state index is 12.5. The lowest BCUT2D eigenvalue weighted by atomic mass is 9.89. The second kappa shape index (κ2) is 11.1. The van der Waals surface area contributed by atoms with Gasteiger partial charge in [0.25, 0.3) is 0 Å². The van der Waals surface area contributed by atoms with E-state index in [1.54, 1.807) is 12.1 Å². The predicted molar refractivity (Wildman–Crippen MR) is 130 cm³/mol. The summed E-state index contributed by atoms with van der Waals surface area (Å²) in [5, 5.41) is 8.75. The maximum Gasteiger partial charge on any atom is 0.238 e. The van der Waals surface area contributed by atoms with Crippen LogP contribution in [0.1, 0.15) is 44.1 Å². The van der Waals surface area contributed by atoms with Gasteiger partial charge in [0.1, 0.15) is 0 Å². The molecule has 4 rings (SSSR count). The summed E-state index contributed by atoms with van der Waals surface area (Å²) in [6, 6.07) is 15.0. The van der Waals surface area contributed by atoms with Crippen LogP contribution in [0.4, 0.5) is 17.1 Å². The van der Waals surface area contributed by atoms with Gasteiger partial charge in [0.2, 0.25) is 17.7 Å². The molecule has 2 aromatic rings. The number of likely N-dealkylation sites (tertiary alicyclic amines) is 1. The molecule has 1 atom stereocenters. The van der Waals surface area contributed by atoms with Crippen molar-refractivity contribution in [2.45, 2.75) is 44.9 Å². The van der Waals surface area contributed by atoms with E-state index in [1.807, 2.05) is 36.4 Å². The molecule has 0 aliphatic carbocycles. The summed E-state index contributed by atoms with van der Waals surface area (Å²) < 4.78 is 0. The van der Waals surface area contributed by atoms with E-state index in [4.69, 9.17) is 0 Å². The van der Waals surface area contributed by atoms with Crippen molar-refractivity contribution in [3.63, 3.8) is 0 Å². The molecule has 0 saturated carbocycles. The Kier molecular flexibility index (Phi) is 7.73. The molecule has 0 spiro atoms. The third kappa shape index (κ3) is 6.65. The van der Waals surface area contributed by atoms with Crippen LogP contribution in [0.5, 0.6) is 0 Å². The lowest BCUT2D eigenvalue weighted by molar-refractivity contribution is -0.121. The van der Waals surface area contributed by atoms with E-state index in [9.17, 15) is 14.4 Å². The van der Waals surface area contributed by atoms with E-state index in [0.29, 0.717) is 30.8 Å². The highest BCUT2D eigenvalue weighted by Gasteiger charge is 2.26. The van der Waals surface area contributed by atoms with Gasteiger partial charge in [0, 0.05) is 29.4 Å². The number of anilines is 3. The largest absolute Gasteiger partial charge is 0.326 e. The zero-order chi connectivity index (χ0) is 23.0. The molecule has 0 aromatic heterocycles. The van der Waals surface area contributed by atoms with Crippen LogP contribution < -0.4 is 16.0 Å². The monoisotopic (exact) mass is 448 g/mol. The minimum atomic E-state index is -0.213. The standard InChI is InChI=1S/C26H32N4O3/c31-24(13-12-20-16-19-8-3-4-11-23(19)29-26(20)33)27-21-9-7-10-22(17-21)28-25(32)18-30-14-5-1-2-6-15-30/h3-4,7-11,17,20H,1-2,5-6,12-16,18H2,(H,27,31)(H,28,32)(H,29,33). The van der Waals surface area contributed by atoms with Crippen LogP contribution in [0.25, 0.3) is 0 Å². The zero-order valence-electron chi connectivity index (χ0n) is 18.9. The molecule has 33 heavy (non-hydrogen) atoms. The molecule has 7 nitrogen and oxygen atoms in total. The van der Waals surface area contributed by atoms with Crippen LogP contribution in [-0.2, 0) is 20.8 Å². The topological polar surface area (TPSA) is 90.5 Å². The summed E-state index contributed by atoms with van der Waals surface area (Å²) in [5.74, 6) is -0.426. The second-order valence-electron chi connectivity index (χ2n) is 8.95. The fourth-order valence-electron chi connectivity index (χ4n) is 4.55. The van der Waals surface area contributed by atoms with Gasteiger partial charge in [0.15, 0.2) is 0 Å². The normalized spacial score (nSPS) is 18.5. The first-order valence-electron chi connectivity index (χ1n) is 11.9. The SMILES string of the molecule is O=C(CCC1Cc2ccccc2NC1=O)Nc1cccc(NC(=O)CN2CCCCCC2)c1. The van der Waals surface area contributed by atoms with Crippen LogP contribution in [0.15, 0.2) is 48.5 Å². The van der Waals surface area contributed by atoms with Gasteiger partial charge >= 0.3 is 0 Å². The lowest BCUT2D eigenvalue weighted by Crippen LogP contribution is -2.33. The summed E-state index contributed by atoms with van der Waals surface area (Å²) in [6.07, 6.45) is 6.14. The minimum absolute atomic E-state index is 0.0318. The maximum absolute atomic E-state index is 12.5. The first-order valence-corrected chi connectivity index (χ1v) is 11.9. The summed E-state index contributed by atoms with van der Waals surface area (Å²) in [7, 11) is 0. The third-order valence-corrected chi connectivity index (χ3v) is 6.33. The first-order chi connectivity index (χ1) is 16.1. The van der Waals surface area contributed by atoms with E-state index in [1.165, 1.54) is 12.8 Å². The number of nitrogens with zero attached hydrogens (tertiary/aromatic N) is 1. The average Bonchev–Trinajstić information content (AvgIpc) is 3.06. The Morgan fingerprint density at radius 3 is 2.36 bits per heavy atom. The summed E-state index contributed by atoms with van der Waals surface area (Å²) in [4.78, 5) is 39.5. The van der Waals surface area contributed by atoms with Crippen molar-refractivity contribution in [2.24, 2.45) is 5.92 Å². The van der Waals surface area contributed by atoms with E-state index in [-0.39, 0.29) is 30.1 Å². The van der Waals surface area contributed by atoms with Gasteiger partial charge in [-0.15, -0.1) is 0 Å². The Bertz CT molecular complexity index is 999. The van der Waals surface area contributed by atoms with Crippen LogP contribution in [0.2, 0.25) is 0 Å². The second-order valence-corrected chi connectivity index (χ2v) is 8.95. The summed E-state index contributed by atoms with van der Waals surface area (Å²) in [5.41, 5.74) is 3.26. The van der Waals surface area contributed by atoms with Gasteiger partial charge in [0.05, 0.1) is 6.54 Å². The molecular formula is C26H32N4O3. The lowest BCUT2D eigenvalue weighted by Gasteiger charge is -2.24. The van der Waals surface area contributed by atoms with Crippen LogP contribution >= 0.6 is 0 Å². The van der Waals surface area contributed by atoms with E-state index in [2.05, 4.69) is 20.9 Å². The molecular weight excluding hydrogens is 416 g/mol. The Morgan fingerprint density at radius 2 is 1.61 bits per heavy atom. The fraction of sp³-hybridized carbons (Fsp3) is 0.423. The van der Waals surface area contributed by atoms with Crippen molar-refractivity contribution in [2.75, 3.05) is 35.6 Å². The summed E-state index contributed by atoms with van der Waals surface area (Å²) in [6.45, 7) is 2.32. The minimum Gasteiger partial charge on any atom is -0.326 e. The predicted octanol–water partition coefficient (Wildman–Crippen LogP) is 4.03. The number of fused-ring (bicyclic) bond motifs is 1. The number of carbonyl (C=O) groups excluding carboxylic acids is 3. The molecule has 2 aliphatic heterocycles. The van der Waals surface area contributed by atoms with Gasteiger partial charge in [-0.3, -0.25) is 19.3 Å². The molecule has 3 N–H and O–H groups in total. The Balaban J connectivity index is 1.25. The number of rotatable bonds is 7. The Hall–Kier alpha value is -3.19. The molecule has 2 aliphatic rings. The molecule has 1 fully saturated rings. The van der Waals surface area contributed by atoms with Crippen molar-refractivity contribution in [1.82, 2.24) is 4.90 Å². The number of para-hydroxylation sites is 1. The third-order valence-electron chi connectivity index (χ3n) is 6.33. The quantitative estimate of drug-likeness (QED) is 0.597. The molecule has 3 amide bonds. The molecule has 0 radical (unpaired) electrons. The molecule has 1 unspecified atom stereocenters.